The average Bonchev–Trinajstić information content (AvgIpc) is 1.30. The number of aliphatic hydroxyl groups is 2. The molecular formula is C112H214N10O26. The summed E-state index contributed by atoms with van der Waals surface area (Å²) in [5.74, 6) is -2.02. The number of ether oxygens (including phenoxy) is 17. The van der Waals surface area contributed by atoms with Crippen molar-refractivity contribution in [2.24, 2.45) is 46.2 Å². The molecule has 3 fully saturated rings. The minimum Gasteiger partial charge on any atom is -0.459 e. The number of rotatable bonds is 32. The van der Waals surface area contributed by atoms with Crippen LogP contribution in [0.1, 0.15) is 345 Å². The molecule has 6 rings (SSSR count). The van der Waals surface area contributed by atoms with Crippen LogP contribution in [0.25, 0.3) is 0 Å². The van der Waals surface area contributed by atoms with Crippen molar-refractivity contribution in [3.8, 4) is 0 Å². The lowest BCUT2D eigenvalue weighted by atomic mass is 10.00. The maximum absolute atomic E-state index is 12.0. The summed E-state index contributed by atoms with van der Waals surface area (Å²) in [6.45, 7) is 85.5. The lowest BCUT2D eigenvalue weighted by Gasteiger charge is -2.40. The first-order valence-corrected chi connectivity index (χ1v) is 52.2. The number of carbonyl (C=O) groups excluding carboxylic acids is 7. The molecule has 10 unspecified atom stereocenters. The molecule has 3 aliphatic heterocycles. The number of methoxy groups -OCH3 is 3. The minimum atomic E-state index is -0.751. The van der Waals surface area contributed by atoms with E-state index in [0.29, 0.717) is 84.1 Å². The van der Waals surface area contributed by atoms with Crippen molar-refractivity contribution in [1.82, 2.24) is 19.8 Å². The zero-order chi connectivity index (χ0) is 116. The van der Waals surface area contributed by atoms with Crippen LogP contribution in [0, 0.1) is 11.8 Å². The Labute approximate surface area is 894 Å². The lowest BCUT2D eigenvalue weighted by Crippen LogP contribution is -2.49. The van der Waals surface area contributed by atoms with E-state index in [2.05, 4.69) is 14.9 Å². The van der Waals surface area contributed by atoms with Gasteiger partial charge in [-0.15, -0.1) is 0 Å². The van der Waals surface area contributed by atoms with Crippen LogP contribution in [-0.2, 0) is 122 Å². The van der Waals surface area contributed by atoms with E-state index in [4.69, 9.17) is 125 Å². The van der Waals surface area contributed by atoms with E-state index in [1.54, 1.807) is 54.4 Å². The van der Waals surface area contributed by atoms with Crippen LogP contribution >= 0.6 is 0 Å². The summed E-state index contributed by atoms with van der Waals surface area (Å²) in [6, 6.07) is 15.9. The Balaban J connectivity index is -0.000000509. The molecule has 1 amide bonds. The van der Waals surface area contributed by atoms with Crippen LogP contribution in [0.3, 0.4) is 0 Å². The van der Waals surface area contributed by atoms with Gasteiger partial charge in [-0.25, -0.2) is 14.6 Å². The van der Waals surface area contributed by atoms with Crippen LogP contribution in [0.15, 0.2) is 73.2 Å². The van der Waals surface area contributed by atoms with Gasteiger partial charge in [0.25, 0.3) is 0 Å². The molecule has 36 heteroatoms. The van der Waals surface area contributed by atoms with Gasteiger partial charge in [-0.2, -0.15) is 0 Å². The second-order valence-corrected chi connectivity index (χ2v) is 48.3. The van der Waals surface area contributed by atoms with Gasteiger partial charge in [-0.05, 0) is 324 Å². The molecule has 1 aromatic heterocycles. The minimum absolute atomic E-state index is 0.0292. The van der Waals surface area contributed by atoms with Crippen LogP contribution < -0.4 is 34.4 Å². The number of benzene rings is 2. The van der Waals surface area contributed by atoms with Crippen molar-refractivity contribution in [1.29, 1.82) is 0 Å². The largest absolute Gasteiger partial charge is 0.459 e. The molecule has 3 aliphatic rings. The number of nitrogens with zero attached hydrogens (tertiary/aromatic N) is 3. The Kier molecular flexibility index (Phi) is 74.8. The highest BCUT2D eigenvalue weighted by atomic mass is 16.7. The Bertz CT molecular complexity index is 3850. The molecule has 868 valence electrons. The number of nitrogens with one attached hydrogen (secondary N) is 1. The van der Waals surface area contributed by atoms with Crippen LogP contribution in [-0.4, -0.2) is 307 Å². The molecule has 10 atom stereocenters. The molecule has 15 N–H and O–H groups in total. The monoisotopic (exact) mass is 2120 g/mol. The van der Waals surface area contributed by atoms with Crippen LogP contribution in [0.5, 0.6) is 0 Å². The van der Waals surface area contributed by atoms with Crippen molar-refractivity contribution in [3.05, 3.63) is 90.0 Å². The fourth-order valence-electron chi connectivity index (χ4n) is 11.8. The van der Waals surface area contributed by atoms with E-state index >= 15 is 0 Å². The molecule has 4 heterocycles. The van der Waals surface area contributed by atoms with Crippen LogP contribution in [0.2, 0.25) is 0 Å². The third kappa shape index (κ3) is 92.7. The average molecular weight is 2120 g/mol. The third-order valence-corrected chi connectivity index (χ3v) is 19.2. The molecule has 0 radical (unpaired) electrons. The van der Waals surface area contributed by atoms with E-state index in [1.807, 2.05) is 315 Å². The highest BCUT2D eigenvalue weighted by Gasteiger charge is 2.36. The van der Waals surface area contributed by atoms with Crippen molar-refractivity contribution < 1.29 is 124 Å². The number of piperidine rings is 2. The summed E-state index contributed by atoms with van der Waals surface area (Å²) in [4.78, 5) is 92.0. The van der Waals surface area contributed by atoms with E-state index in [9.17, 15) is 33.6 Å². The van der Waals surface area contributed by atoms with Gasteiger partial charge in [0.05, 0.1) is 101 Å². The molecule has 148 heavy (non-hydrogen) atoms. The predicted molar refractivity (Wildman–Crippen MR) is 588 cm³/mol. The number of H-pyrrole nitrogens is 1. The molecule has 3 saturated heterocycles. The third-order valence-electron chi connectivity index (χ3n) is 19.2. The number of aromatic amines is 1. The number of imidazole rings is 1. The first-order valence-electron chi connectivity index (χ1n) is 52.2. The lowest BCUT2D eigenvalue weighted by molar-refractivity contribution is -0.160. The van der Waals surface area contributed by atoms with Crippen molar-refractivity contribution in [3.63, 3.8) is 0 Å². The molecule has 3 aromatic rings. The molecule has 2 aromatic carbocycles. The van der Waals surface area contributed by atoms with Gasteiger partial charge in [-0.3, -0.25) is 24.0 Å². The van der Waals surface area contributed by atoms with E-state index in [-0.39, 0.29) is 83.3 Å². The Morgan fingerprint density at radius 2 is 0.851 bits per heavy atom. The normalized spacial score (nSPS) is 16.5. The number of aromatic nitrogens is 2. The number of amides is 1. The smallest absolute Gasteiger partial charge is 0.410 e. The zero-order valence-electron chi connectivity index (χ0n) is 100. The Hall–Kier alpha value is -7.02. The summed E-state index contributed by atoms with van der Waals surface area (Å²) >= 11 is 0. The SMILES string of the molecule is CC(C)(C)OC(=O)C(N)Cc1ccccc1.CC(C)(C)OC(=O)C(N)Cc1cnc[nH]1.CC(C)(C)OC(=O)C(N)c1ccccc1.CC(C)(C)OC(=O)N1CCC(N2CCCCC2)CC1.CC(C)(C)OCC(O)CO.CC(C)(C)OCC1COC(C)(C)O1.CC(C)CC(N)C(=O)OC(C)(C)C.CCC(C)C(N)C(=O)OC(C)(C)C.COC(C)C(N)C(=O)OC(C)(C)C.COCCOC(C)(C)C.COCCOCCOC(C)(C)C. The fraction of sp³-hybridized carbons (Fsp3) is 0.804. The number of hydrogen-bond donors (Lipinski definition) is 9. The zero-order valence-corrected chi connectivity index (χ0v) is 100. The maximum Gasteiger partial charge on any atom is 0.410 e. The second-order valence-electron chi connectivity index (χ2n) is 48.3. The van der Waals surface area contributed by atoms with Crippen molar-refractivity contribution in [2.75, 3.05) is 114 Å². The molecular weight excluding hydrogens is 1900 g/mol. The Morgan fingerprint density at radius 1 is 0.466 bits per heavy atom. The number of nitrogens with two attached hydrogens (primary N) is 6. The van der Waals surface area contributed by atoms with Gasteiger partial charge >= 0.3 is 41.9 Å². The van der Waals surface area contributed by atoms with E-state index < -0.39 is 99.7 Å². The highest BCUT2D eigenvalue weighted by molar-refractivity contribution is 5.79. The number of carbonyl (C=O) groups is 7. The van der Waals surface area contributed by atoms with Gasteiger partial charge in [0.1, 0.15) is 87.7 Å². The summed E-state index contributed by atoms with van der Waals surface area (Å²) in [6.07, 6.45) is 10.8. The molecule has 0 spiro atoms. The Morgan fingerprint density at radius 3 is 1.22 bits per heavy atom. The first kappa shape index (κ1) is 149. The molecule has 0 saturated carbocycles. The van der Waals surface area contributed by atoms with Gasteiger partial charge < -0.3 is 140 Å². The highest BCUT2D eigenvalue weighted by Crippen LogP contribution is 2.27. The quantitative estimate of drug-likeness (QED) is 0.0159. The molecule has 36 nitrogen and oxygen atoms in total. The van der Waals surface area contributed by atoms with Gasteiger partial charge in [0.2, 0.25) is 0 Å². The number of likely N-dealkylation sites (tertiary alicyclic amines) is 2. The first-order chi connectivity index (χ1) is 67.3. The second kappa shape index (κ2) is 74.1. The molecule has 0 aliphatic carbocycles. The van der Waals surface area contributed by atoms with Gasteiger partial charge in [0, 0.05) is 58.8 Å². The molecule has 0 bridgehead atoms. The summed E-state index contributed by atoms with van der Waals surface area (Å²) in [5.41, 5.74) is 33.1. The number of aliphatic hydroxyl groups excluding tert-OH is 2. The topological polar surface area (TPSA) is 508 Å². The van der Waals surface area contributed by atoms with Crippen molar-refractivity contribution in [2.45, 2.75) is 463 Å². The summed E-state index contributed by atoms with van der Waals surface area (Å²) in [5, 5.41) is 17.2. The van der Waals surface area contributed by atoms with E-state index in [1.165, 1.54) is 39.5 Å². The standard InChI is InChI=1S/C15H28N2O2.C13H19NO2.C12H17NO2.C10H17N3O2.2C10H21NO2.C10H20O3.C9H19NO3.C9H20O3.C7H16O3.C7H16O2/c1-15(2,3)19-14(18)17-11-7-13(8-12-17)16-9-5-4-6-10-16;1-13(2,3)16-12(15)11(14)9-10-7-5-4-6-8-10;1-12(2,3)15-11(14)10(13)9-7-5-4-6-8-9;1-10(2,3)15-9(14)8(11)4-7-5-12-6-13-7;1-7(2)6-8(11)9(12)13-10(3,4)5;1-6-7(2)8(11)9(12)13-10(3,4)5;1-9(2,3)11-6-8-7-12-10(4,5)13-8;1-6(12-5)7(10)8(11)13-9(2,3)4;1-9(2,3)12-8-7-11-6-5-10-4;1-7(2,3)10-5-6(9)4-8;1-7(2,3)9-6-5-8-4/h13H,4-12H2,1-3H3;4-8,11H,9,14H2,1-3H3;4-8,10H,13H2,1-3H3;5-6,8H,4,11H2,1-3H3,(H,12,13);2*7-8H,6,11H2,1-5H3;8H,6-7H2,1-5H3;6-7H,10H2,1-5H3;5-8H2,1-4H3;6,8-9H,4-5H2,1-3H3;5-6H2,1-4H3. The predicted octanol–water partition coefficient (Wildman–Crippen LogP) is 16.5. The summed E-state index contributed by atoms with van der Waals surface area (Å²) < 4.78 is 88.7. The summed E-state index contributed by atoms with van der Waals surface area (Å²) in [7, 11) is 4.84. The number of hydrogen-bond acceptors (Lipinski definition) is 34. The van der Waals surface area contributed by atoms with E-state index in [0.717, 1.165) is 49.2 Å². The fourth-order valence-corrected chi connectivity index (χ4v) is 11.8. The maximum atomic E-state index is 12.0. The van der Waals surface area contributed by atoms with Crippen LogP contribution in [0.4, 0.5) is 4.79 Å². The van der Waals surface area contributed by atoms with Crippen molar-refractivity contribution >= 4 is 41.9 Å². The van der Waals surface area contributed by atoms with Gasteiger partial charge in [0.15, 0.2) is 5.79 Å². The number of esters is 6. The van der Waals surface area contributed by atoms with Gasteiger partial charge in [-0.1, -0.05) is 101 Å².